The third-order valence-electron chi connectivity index (χ3n) is 7.23. The van der Waals surface area contributed by atoms with Gasteiger partial charge in [0.05, 0.1) is 5.41 Å². The van der Waals surface area contributed by atoms with Crippen LogP contribution in [0.2, 0.25) is 0 Å². The molecule has 146 valence electrons. The number of carbonyl (C=O) groups excluding carboxylic acids is 1. The van der Waals surface area contributed by atoms with Crippen molar-refractivity contribution in [3.05, 3.63) is 0 Å². The van der Waals surface area contributed by atoms with Crippen molar-refractivity contribution in [1.29, 1.82) is 0 Å². The van der Waals surface area contributed by atoms with Crippen LogP contribution in [0.3, 0.4) is 0 Å². The summed E-state index contributed by atoms with van der Waals surface area (Å²) in [6.07, 6.45) is 12.4. The molecular formula is C22H42N2O. The average Bonchev–Trinajstić information content (AvgIpc) is 2.92. The Balaban J connectivity index is 1.87. The zero-order valence-corrected chi connectivity index (χ0v) is 17.4. The normalized spacial score (nSPS) is 22.3. The number of carbonyl (C=O) groups is 1. The number of nitrogens with zero attached hydrogens (tertiary/aromatic N) is 2. The highest BCUT2D eigenvalue weighted by Crippen LogP contribution is 2.54. The lowest BCUT2D eigenvalue weighted by molar-refractivity contribution is -0.139. The summed E-state index contributed by atoms with van der Waals surface area (Å²) in [5.74, 6) is 0.494. The first-order valence-electron chi connectivity index (χ1n) is 11.1. The molecule has 25 heavy (non-hydrogen) atoms. The van der Waals surface area contributed by atoms with Crippen molar-refractivity contribution in [2.75, 3.05) is 32.7 Å². The summed E-state index contributed by atoms with van der Waals surface area (Å²) in [7, 11) is 0. The molecule has 3 nitrogen and oxygen atoms in total. The van der Waals surface area contributed by atoms with Gasteiger partial charge in [0, 0.05) is 13.1 Å². The lowest BCUT2D eigenvalue weighted by Gasteiger charge is -2.44. The second-order valence-corrected chi connectivity index (χ2v) is 8.70. The summed E-state index contributed by atoms with van der Waals surface area (Å²) in [6.45, 7) is 14.4. The maximum absolute atomic E-state index is 13.1. The van der Waals surface area contributed by atoms with Gasteiger partial charge in [-0.1, -0.05) is 40.5 Å². The molecule has 2 rings (SSSR count). The van der Waals surface area contributed by atoms with E-state index in [1.54, 1.807) is 0 Å². The van der Waals surface area contributed by atoms with Crippen LogP contribution in [-0.2, 0) is 4.79 Å². The molecule has 1 amide bonds. The van der Waals surface area contributed by atoms with E-state index in [-0.39, 0.29) is 5.41 Å². The summed E-state index contributed by atoms with van der Waals surface area (Å²) in [4.78, 5) is 17.8. The number of amides is 1. The van der Waals surface area contributed by atoms with Gasteiger partial charge in [0.15, 0.2) is 0 Å². The summed E-state index contributed by atoms with van der Waals surface area (Å²) in [5, 5.41) is 0. The van der Waals surface area contributed by atoms with Gasteiger partial charge >= 0.3 is 0 Å². The van der Waals surface area contributed by atoms with Crippen LogP contribution in [0.15, 0.2) is 0 Å². The molecule has 0 aromatic rings. The van der Waals surface area contributed by atoms with Crippen LogP contribution >= 0.6 is 0 Å². The van der Waals surface area contributed by atoms with E-state index >= 15 is 0 Å². The van der Waals surface area contributed by atoms with Crippen molar-refractivity contribution >= 4 is 5.91 Å². The highest BCUT2D eigenvalue weighted by atomic mass is 16.2. The first kappa shape index (κ1) is 20.7. The number of hydrogen-bond acceptors (Lipinski definition) is 2. The van der Waals surface area contributed by atoms with Crippen LogP contribution in [0.1, 0.15) is 91.9 Å². The number of likely N-dealkylation sites (tertiary alicyclic amines) is 1. The predicted molar refractivity (Wildman–Crippen MR) is 107 cm³/mol. The van der Waals surface area contributed by atoms with E-state index in [2.05, 4.69) is 37.5 Å². The Morgan fingerprint density at radius 3 is 2.04 bits per heavy atom. The molecule has 1 saturated heterocycles. The van der Waals surface area contributed by atoms with Crippen molar-refractivity contribution in [2.45, 2.75) is 91.9 Å². The quantitative estimate of drug-likeness (QED) is 0.547. The van der Waals surface area contributed by atoms with Crippen molar-refractivity contribution in [3.8, 4) is 0 Å². The molecule has 1 spiro atoms. The SMILES string of the molecule is CCCC1(CCC)CCC2(CCN(CCCN(CC)CC)C2=O)CC1. The zero-order valence-electron chi connectivity index (χ0n) is 17.4. The molecule has 0 radical (unpaired) electrons. The molecule has 1 aliphatic carbocycles. The molecule has 2 fully saturated rings. The topological polar surface area (TPSA) is 23.6 Å². The summed E-state index contributed by atoms with van der Waals surface area (Å²) in [5.41, 5.74) is 0.561. The van der Waals surface area contributed by atoms with Crippen LogP contribution in [0.5, 0.6) is 0 Å². The molecule has 1 heterocycles. The smallest absolute Gasteiger partial charge is 0.228 e. The number of rotatable bonds is 10. The fourth-order valence-corrected chi connectivity index (χ4v) is 5.54. The second-order valence-electron chi connectivity index (χ2n) is 8.70. The summed E-state index contributed by atoms with van der Waals surface area (Å²) < 4.78 is 0. The van der Waals surface area contributed by atoms with Crippen molar-refractivity contribution in [1.82, 2.24) is 9.80 Å². The molecule has 0 unspecified atom stereocenters. The summed E-state index contributed by atoms with van der Waals surface area (Å²) >= 11 is 0. The average molecular weight is 351 g/mol. The largest absolute Gasteiger partial charge is 0.342 e. The minimum absolute atomic E-state index is 0.0141. The van der Waals surface area contributed by atoms with Crippen molar-refractivity contribution < 1.29 is 4.79 Å². The van der Waals surface area contributed by atoms with E-state index in [0.717, 1.165) is 58.4 Å². The van der Waals surface area contributed by atoms with Crippen LogP contribution in [0.25, 0.3) is 0 Å². The molecular weight excluding hydrogens is 308 g/mol. The lowest BCUT2D eigenvalue weighted by atomic mass is 9.60. The van der Waals surface area contributed by atoms with Crippen molar-refractivity contribution in [3.63, 3.8) is 0 Å². The van der Waals surface area contributed by atoms with Gasteiger partial charge in [0.2, 0.25) is 5.91 Å². The molecule has 1 saturated carbocycles. The number of hydrogen-bond donors (Lipinski definition) is 0. The Morgan fingerprint density at radius 2 is 1.52 bits per heavy atom. The Hall–Kier alpha value is -0.570. The van der Waals surface area contributed by atoms with Gasteiger partial charge in [0.25, 0.3) is 0 Å². The van der Waals surface area contributed by atoms with Crippen LogP contribution in [-0.4, -0.2) is 48.4 Å². The van der Waals surface area contributed by atoms with Gasteiger partial charge in [0.1, 0.15) is 0 Å². The van der Waals surface area contributed by atoms with Gasteiger partial charge in [-0.3, -0.25) is 4.79 Å². The second kappa shape index (κ2) is 9.39. The zero-order chi connectivity index (χ0) is 18.3. The Kier molecular flexibility index (Phi) is 7.79. The first-order chi connectivity index (χ1) is 12.0. The van der Waals surface area contributed by atoms with Crippen LogP contribution in [0, 0.1) is 10.8 Å². The van der Waals surface area contributed by atoms with Gasteiger partial charge in [-0.05, 0) is 76.4 Å². The molecule has 3 heteroatoms. The summed E-state index contributed by atoms with van der Waals surface area (Å²) in [6, 6.07) is 0. The van der Waals surface area contributed by atoms with Crippen LogP contribution in [0.4, 0.5) is 0 Å². The van der Waals surface area contributed by atoms with E-state index in [1.165, 1.54) is 38.5 Å². The maximum Gasteiger partial charge on any atom is 0.228 e. The third-order valence-corrected chi connectivity index (χ3v) is 7.23. The highest BCUT2D eigenvalue weighted by molar-refractivity contribution is 5.85. The van der Waals surface area contributed by atoms with Gasteiger partial charge in [-0.2, -0.15) is 0 Å². The van der Waals surface area contributed by atoms with E-state index in [1.807, 2.05) is 0 Å². The Labute approximate surface area is 156 Å². The van der Waals surface area contributed by atoms with Crippen molar-refractivity contribution in [2.24, 2.45) is 10.8 Å². The van der Waals surface area contributed by atoms with Gasteiger partial charge in [-0.25, -0.2) is 0 Å². The Bertz CT molecular complexity index is 400. The standard InChI is InChI=1S/C22H42N2O/c1-5-10-21(11-6-2)12-14-22(15-13-21)16-19-24(20(22)25)18-9-17-23(7-3)8-4/h5-19H2,1-4H3. The minimum Gasteiger partial charge on any atom is -0.342 e. The van der Waals surface area contributed by atoms with E-state index in [9.17, 15) is 4.79 Å². The monoisotopic (exact) mass is 350 g/mol. The highest BCUT2D eigenvalue weighted by Gasteiger charge is 2.50. The molecule has 1 aliphatic heterocycles. The first-order valence-corrected chi connectivity index (χ1v) is 11.1. The van der Waals surface area contributed by atoms with Gasteiger partial charge in [-0.15, -0.1) is 0 Å². The molecule has 2 aliphatic rings. The van der Waals surface area contributed by atoms with E-state index in [0.29, 0.717) is 11.3 Å². The fourth-order valence-electron chi connectivity index (χ4n) is 5.54. The third kappa shape index (κ3) is 4.78. The predicted octanol–water partition coefficient (Wildman–Crippen LogP) is 5.10. The van der Waals surface area contributed by atoms with E-state index in [4.69, 9.17) is 0 Å². The fraction of sp³-hybridized carbons (Fsp3) is 0.955. The molecule has 0 atom stereocenters. The molecule has 0 N–H and O–H groups in total. The molecule has 0 aromatic carbocycles. The molecule has 0 bridgehead atoms. The Morgan fingerprint density at radius 1 is 0.920 bits per heavy atom. The minimum atomic E-state index is 0.0141. The molecule has 0 aromatic heterocycles. The lowest BCUT2D eigenvalue weighted by Crippen LogP contribution is -2.41. The van der Waals surface area contributed by atoms with Crippen LogP contribution < -0.4 is 0 Å². The van der Waals surface area contributed by atoms with E-state index < -0.39 is 0 Å². The van der Waals surface area contributed by atoms with Gasteiger partial charge < -0.3 is 9.80 Å². The maximum atomic E-state index is 13.1.